The lowest BCUT2D eigenvalue weighted by Gasteiger charge is -2.00. The number of carbonyl (C=O) groups is 1. The molecule has 2 aromatic heterocycles. The number of nitrogens with zero attached hydrogens (tertiary/aromatic N) is 2. The molecule has 0 atom stereocenters. The molecule has 0 radical (unpaired) electrons. The van der Waals surface area contributed by atoms with Gasteiger partial charge in [-0.05, 0) is 30.2 Å². The van der Waals surface area contributed by atoms with Gasteiger partial charge in [-0.25, -0.2) is 0 Å². The summed E-state index contributed by atoms with van der Waals surface area (Å²) in [6, 6.07) is 17.6. The van der Waals surface area contributed by atoms with Crippen LogP contribution in [-0.2, 0) is 11.2 Å². The second kappa shape index (κ2) is 6.60. The first-order valence-corrected chi connectivity index (χ1v) is 8.03. The normalized spacial score (nSPS) is 10.9. The number of amides is 1. The molecular weight excluding hydrogens is 316 g/mol. The standard InChI is InChI=1S/C19H16N4O2/c24-17(11-10-14-12-20-16-9-5-4-8-15(14)16)21-19-23-22-18(25-19)13-6-2-1-3-7-13/h1-9,12,20H,10-11H2,(H,21,23,24). The van der Waals surface area contributed by atoms with E-state index in [2.05, 4.69) is 20.5 Å². The maximum absolute atomic E-state index is 12.1. The van der Waals surface area contributed by atoms with Crippen molar-refractivity contribution in [2.45, 2.75) is 12.8 Å². The first kappa shape index (κ1) is 15.1. The highest BCUT2D eigenvalue weighted by molar-refractivity contribution is 5.89. The van der Waals surface area contributed by atoms with E-state index in [1.807, 2.05) is 60.8 Å². The van der Waals surface area contributed by atoms with Crippen molar-refractivity contribution in [2.75, 3.05) is 5.32 Å². The van der Waals surface area contributed by atoms with E-state index in [4.69, 9.17) is 4.42 Å². The molecule has 4 rings (SSSR count). The highest BCUT2D eigenvalue weighted by atomic mass is 16.4. The van der Waals surface area contributed by atoms with E-state index in [0.29, 0.717) is 18.7 Å². The minimum atomic E-state index is -0.159. The van der Waals surface area contributed by atoms with Crippen molar-refractivity contribution in [1.82, 2.24) is 15.2 Å². The van der Waals surface area contributed by atoms with Gasteiger partial charge in [0, 0.05) is 29.1 Å². The fourth-order valence-corrected chi connectivity index (χ4v) is 2.74. The Kier molecular flexibility index (Phi) is 4.00. The largest absolute Gasteiger partial charge is 0.403 e. The molecule has 0 aliphatic carbocycles. The van der Waals surface area contributed by atoms with Gasteiger partial charge in [0.05, 0.1) is 0 Å². The van der Waals surface area contributed by atoms with E-state index in [1.165, 1.54) is 0 Å². The molecule has 2 N–H and O–H groups in total. The number of nitrogens with one attached hydrogen (secondary N) is 2. The van der Waals surface area contributed by atoms with Gasteiger partial charge in [-0.3, -0.25) is 10.1 Å². The summed E-state index contributed by atoms with van der Waals surface area (Å²) in [5.41, 5.74) is 3.00. The molecule has 0 saturated carbocycles. The second-order valence-electron chi connectivity index (χ2n) is 5.69. The molecule has 0 saturated heterocycles. The fraction of sp³-hybridized carbons (Fsp3) is 0.105. The van der Waals surface area contributed by atoms with Gasteiger partial charge < -0.3 is 9.40 Å². The topological polar surface area (TPSA) is 83.8 Å². The van der Waals surface area contributed by atoms with Gasteiger partial charge in [0.1, 0.15) is 0 Å². The Morgan fingerprint density at radius 3 is 2.72 bits per heavy atom. The van der Waals surface area contributed by atoms with E-state index in [9.17, 15) is 4.79 Å². The van der Waals surface area contributed by atoms with Crippen LogP contribution in [0.25, 0.3) is 22.4 Å². The Labute approximate surface area is 143 Å². The van der Waals surface area contributed by atoms with Crippen LogP contribution in [0, 0.1) is 0 Å². The van der Waals surface area contributed by atoms with Crippen LogP contribution in [0.3, 0.4) is 0 Å². The van der Waals surface area contributed by atoms with Crippen LogP contribution in [0.15, 0.2) is 65.2 Å². The molecule has 6 heteroatoms. The Bertz CT molecular complexity index is 1000. The predicted molar refractivity (Wildman–Crippen MR) is 95.0 cm³/mol. The molecule has 0 unspecified atom stereocenters. The molecule has 2 aromatic carbocycles. The molecular formula is C19H16N4O2. The number of aromatic nitrogens is 3. The number of fused-ring (bicyclic) bond motifs is 1. The van der Waals surface area contributed by atoms with Gasteiger partial charge in [-0.1, -0.05) is 41.5 Å². The predicted octanol–water partition coefficient (Wildman–Crippen LogP) is 3.79. The zero-order chi connectivity index (χ0) is 17.1. The summed E-state index contributed by atoms with van der Waals surface area (Å²) in [7, 11) is 0. The summed E-state index contributed by atoms with van der Waals surface area (Å²) in [6.45, 7) is 0. The fourth-order valence-electron chi connectivity index (χ4n) is 2.74. The van der Waals surface area contributed by atoms with Crippen LogP contribution in [0.4, 0.5) is 6.01 Å². The van der Waals surface area contributed by atoms with Gasteiger partial charge in [-0.2, -0.15) is 0 Å². The van der Waals surface area contributed by atoms with Crippen molar-refractivity contribution in [1.29, 1.82) is 0 Å². The van der Waals surface area contributed by atoms with E-state index in [1.54, 1.807) is 0 Å². The second-order valence-corrected chi connectivity index (χ2v) is 5.69. The maximum Gasteiger partial charge on any atom is 0.322 e. The van der Waals surface area contributed by atoms with Crippen molar-refractivity contribution >= 4 is 22.8 Å². The summed E-state index contributed by atoms with van der Waals surface area (Å²) in [5.74, 6) is 0.223. The average Bonchev–Trinajstić information content (AvgIpc) is 3.28. The first-order chi connectivity index (χ1) is 12.3. The number of hydrogen-bond donors (Lipinski definition) is 2. The van der Waals surface area contributed by atoms with Crippen LogP contribution in [0.2, 0.25) is 0 Å². The lowest BCUT2D eigenvalue weighted by Crippen LogP contribution is -2.12. The number of benzene rings is 2. The summed E-state index contributed by atoms with van der Waals surface area (Å²) >= 11 is 0. The molecule has 124 valence electrons. The monoisotopic (exact) mass is 332 g/mol. The minimum absolute atomic E-state index is 0.114. The zero-order valence-electron chi connectivity index (χ0n) is 13.4. The van der Waals surface area contributed by atoms with Gasteiger partial charge in [0.2, 0.25) is 11.8 Å². The average molecular weight is 332 g/mol. The van der Waals surface area contributed by atoms with Gasteiger partial charge in [0.15, 0.2) is 0 Å². The molecule has 25 heavy (non-hydrogen) atoms. The van der Waals surface area contributed by atoms with E-state index in [0.717, 1.165) is 22.0 Å². The van der Waals surface area contributed by atoms with Crippen LogP contribution in [-0.4, -0.2) is 21.1 Å². The third kappa shape index (κ3) is 3.28. The third-order valence-electron chi connectivity index (χ3n) is 3.99. The van der Waals surface area contributed by atoms with Gasteiger partial charge >= 0.3 is 6.01 Å². The quantitative estimate of drug-likeness (QED) is 0.582. The Balaban J connectivity index is 1.39. The van der Waals surface area contributed by atoms with Crippen LogP contribution >= 0.6 is 0 Å². The minimum Gasteiger partial charge on any atom is -0.403 e. The molecule has 0 aliphatic heterocycles. The highest BCUT2D eigenvalue weighted by Crippen LogP contribution is 2.21. The number of rotatable bonds is 5. The van der Waals surface area contributed by atoms with Crippen LogP contribution < -0.4 is 5.32 Å². The number of hydrogen-bond acceptors (Lipinski definition) is 4. The number of carbonyl (C=O) groups excluding carboxylic acids is 1. The lowest BCUT2D eigenvalue weighted by molar-refractivity contribution is -0.116. The molecule has 0 spiro atoms. The zero-order valence-corrected chi connectivity index (χ0v) is 13.4. The lowest BCUT2D eigenvalue weighted by atomic mass is 10.1. The molecule has 1 amide bonds. The Hall–Kier alpha value is -3.41. The summed E-state index contributed by atoms with van der Waals surface area (Å²) in [5, 5.41) is 11.6. The number of para-hydroxylation sites is 1. The summed E-state index contributed by atoms with van der Waals surface area (Å²) in [6.07, 6.45) is 2.92. The number of aryl methyl sites for hydroxylation is 1. The van der Waals surface area contributed by atoms with E-state index < -0.39 is 0 Å². The smallest absolute Gasteiger partial charge is 0.322 e. The van der Waals surface area contributed by atoms with E-state index >= 15 is 0 Å². The Morgan fingerprint density at radius 1 is 1.04 bits per heavy atom. The van der Waals surface area contributed by atoms with Gasteiger partial charge in [0.25, 0.3) is 0 Å². The van der Waals surface area contributed by atoms with Crippen molar-refractivity contribution in [2.24, 2.45) is 0 Å². The molecule has 6 nitrogen and oxygen atoms in total. The summed E-state index contributed by atoms with van der Waals surface area (Å²) in [4.78, 5) is 15.4. The van der Waals surface area contributed by atoms with Crippen LogP contribution in [0.1, 0.15) is 12.0 Å². The van der Waals surface area contributed by atoms with Crippen molar-refractivity contribution in [3.8, 4) is 11.5 Å². The molecule has 4 aromatic rings. The molecule has 2 heterocycles. The molecule has 0 aliphatic rings. The summed E-state index contributed by atoms with van der Waals surface area (Å²) < 4.78 is 5.49. The van der Waals surface area contributed by atoms with Crippen molar-refractivity contribution in [3.05, 3.63) is 66.4 Å². The molecule has 0 fully saturated rings. The van der Waals surface area contributed by atoms with Crippen molar-refractivity contribution in [3.63, 3.8) is 0 Å². The Morgan fingerprint density at radius 2 is 1.84 bits per heavy atom. The SMILES string of the molecule is O=C(CCc1c[nH]c2ccccc12)Nc1nnc(-c2ccccc2)o1. The van der Waals surface area contributed by atoms with E-state index in [-0.39, 0.29) is 11.9 Å². The maximum atomic E-state index is 12.1. The third-order valence-corrected chi connectivity index (χ3v) is 3.99. The van der Waals surface area contributed by atoms with Crippen molar-refractivity contribution < 1.29 is 9.21 Å². The number of anilines is 1. The highest BCUT2D eigenvalue weighted by Gasteiger charge is 2.12. The van der Waals surface area contributed by atoms with Crippen LogP contribution in [0.5, 0.6) is 0 Å². The number of H-pyrrole nitrogens is 1. The first-order valence-electron chi connectivity index (χ1n) is 8.03. The number of aromatic amines is 1. The van der Waals surface area contributed by atoms with Gasteiger partial charge in [-0.15, -0.1) is 5.10 Å². The molecule has 0 bridgehead atoms.